The van der Waals surface area contributed by atoms with E-state index < -0.39 is 28.0 Å². The van der Waals surface area contributed by atoms with Gasteiger partial charge in [-0.2, -0.15) is 8.42 Å². The maximum atomic E-state index is 12.6. The van der Waals surface area contributed by atoms with Crippen LogP contribution in [-0.2, 0) is 14.9 Å². The fourth-order valence-corrected chi connectivity index (χ4v) is 7.95. The fourth-order valence-electron chi connectivity index (χ4n) is 7.19. The van der Waals surface area contributed by atoms with Crippen molar-refractivity contribution < 1.29 is 22.9 Å². The van der Waals surface area contributed by atoms with Gasteiger partial charge in [0.1, 0.15) is 0 Å². The Labute approximate surface area is 330 Å². The number of nitrogens with one attached hydrogen (secondary N) is 1. The average Bonchev–Trinajstić information content (AvgIpc) is 3.12. The number of carbonyl (C=O) groups is 1. The van der Waals surface area contributed by atoms with Crippen LogP contribution in [0.15, 0.2) is 24.3 Å². The second-order valence-corrected chi connectivity index (χ2v) is 17.5. The SMILES string of the molecule is CCCCC/C=C\C/C=C\CCCCCCCCCCCC(=O)NC(CS(=O)(=O)O)C(O)CCCCCCCCCCCCCCCCCCCCC. The molecule has 0 aliphatic heterocycles. The molecule has 0 saturated carbocycles. The number of aliphatic hydroxyl groups excluding tert-OH is 1. The van der Waals surface area contributed by atoms with Gasteiger partial charge in [0.15, 0.2) is 0 Å². The molecule has 0 saturated heterocycles. The van der Waals surface area contributed by atoms with Crippen molar-refractivity contribution in [2.24, 2.45) is 0 Å². The molecule has 0 aliphatic rings. The number of allylic oxidation sites excluding steroid dienone is 4. The van der Waals surface area contributed by atoms with Gasteiger partial charge in [-0.25, -0.2) is 0 Å². The van der Waals surface area contributed by atoms with Gasteiger partial charge in [0, 0.05) is 6.42 Å². The van der Waals surface area contributed by atoms with Gasteiger partial charge < -0.3 is 10.4 Å². The van der Waals surface area contributed by atoms with Crippen molar-refractivity contribution in [3.63, 3.8) is 0 Å². The molecule has 314 valence electrons. The highest BCUT2D eigenvalue weighted by molar-refractivity contribution is 7.85. The summed E-state index contributed by atoms with van der Waals surface area (Å²) in [6.45, 7) is 4.52. The summed E-state index contributed by atoms with van der Waals surface area (Å²) in [6.07, 6.45) is 51.3. The first-order valence-corrected chi connectivity index (χ1v) is 24.6. The Morgan fingerprint density at radius 2 is 0.849 bits per heavy atom. The van der Waals surface area contributed by atoms with E-state index in [9.17, 15) is 22.9 Å². The second kappa shape index (κ2) is 40.5. The van der Waals surface area contributed by atoms with Gasteiger partial charge in [-0.3, -0.25) is 9.35 Å². The monoisotopic (exact) mass is 768 g/mol. The first-order valence-electron chi connectivity index (χ1n) is 23.0. The lowest BCUT2D eigenvalue weighted by molar-refractivity contribution is -0.122. The minimum atomic E-state index is -4.31. The summed E-state index contributed by atoms with van der Waals surface area (Å²) in [5.41, 5.74) is 0. The zero-order valence-electron chi connectivity index (χ0n) is 35.2. The van der Waals surface area contributed by atoms with Crippen LogP contribution in [0.25, 0.3) is 0 Å². The summed E-state index contributed by atoms with van der Waals surface area (Å²) in [5.74, 6) is -0.894. The number of aliphatic hydroxyl groups is 1. The summed E-state index contributed by atoms with van der Waals surface area (Å²) >= 11 is 0. The van der Waals surface area contributed by atoms with Crippen molar-refractivity contribution in [3.05, 3.63) is 24.3 Å². The smallest absolute Gasteiger partial charge is 0.266 e. The molecule has 53 heavy (non-hydrogen) atoms. The van der Waals surface area contributed by atoms with E-state index in [1.807, 2.05) is 0 Å². The third-order valence-electron chi connectivity index (χ3n) is 10.7. The maximum Gasteiger partial charge on any atom is 0.266 e. The van der Waals surface area contributed by atoms with Gasteiger partial charge in [0.2, 0.25) is 5.91 Å². The molecular weight excluding hydrogens is 679 g/mol. The molecule has 0 heterocycles. The van der Waals surface area contributed by atoms with E-state index in [-0.39, 0.29) is 5.91 Å². The van der Waals surface area contributed by atoms with E-state index in [0.717, 1.165) is 44.9 Å². The van der Waals surface area contributed by atoms with Crippen LogP contribution in [0.5, 0.6) is 0 Å². The Morgan fingerprint density at radius 3 is 1.26 bits per heavy atom. The Morgan fingerprint density at radius 1 is 0.509 bits per heavy atom. The zero-order valence-corrected chi connectivity index (χ0v) is 36.0. The van der Waals surface area contributed by atoms with Gasteiger partial charge in [0.05, 0.1) is 17.9 Å². The minimum Gasteiger partial charge on any atom is -0.391 e. The molecule has 6 nitrogen and oxygen atoms in total. The predicted octanol–water partition coefficient (Wildman–Crippen LogP) is 13.9. The van der Waals surface area contributed by atoms with Gasteiger partial charge in [0.25, 0.3) is 10.1 Å². The number of carbonyl (C=O) groups excluding carboxylic acids is 1. The van der Waals surface area contributed by atoms with E-state index in [0.29, 0.717) is 12.8 Å². The van der Waals surface area contributed by atoms with Crippen molar-refractivity contribution in [1.29, 1.82) is 0 Å². The van der Waals surface area contributed by atoms with E-state index in [4.69, 9.17) is 0 Å². The molecule has 1 amide bonds. The van der Waals surface area contributed by atoms with Gasteiger partial charge in [-0.05, 0) is 44.9 Å². The molecule has 2 atom stereocenters. The van der Waals surface area contributed by atoms with E-state index in [2.05, 4.69) is 43.5 Å². The van der Waals surface area contributed by atoms with Crippen molar-refractivity contribution in [1.82, 2.24) is 5.32 Å². The van der Waals surface area contributed by atoms with Crippen LogP contribution in [-0.4, -0.2) is 41.9 Å². The van der Waals surface area contributed by atoms with Crippen molar-refractivity contribution in [3.8, 4) is 0 Å². The summed E-state index contributed by atoms with van der Waals surface area (Å²) in [4.78, 5) is 12.6. The Balaban J connectivity index is 3.80. The number of unbranched alkanes of at least 4 members (excludes halogenated alkanes) is 30. The lowest BCUT2D eigenvalue weighted by Crippen LogP contribution is -2.47. The largest absolute Gasteiger partial charge is 0.391 e. The molecule has 3 N–H and O–H groups in total. The highest BCUT2D eigenvalue weighted by Crippen LogP contribution is 2.17. The molecule has 0 aliphatic carbocycles. The Bertz CT molecular complexity index is 934. The van der Waals surface area contributed by atoms with Crippen molar-refractivity contribution in [2.45, 2.75) is 257 Å². The van der Waals surface area contributed by atoms with Crippen LogP contribution >= 0.6 is 0 Å². The van der Waals surface area contributed by atoms with Crippen LogP contribution < -0.4 is 5.32 Å². The third-order valence-corrected chi connectivity index (χ3v) is 11.4. The summed E-state index contributed by atoms with van der Waals surface area (Å²) in [6, 6.07) is -0.972. The van der Waals surface area contributed by atoms with E-state index in [1.54, 1.807) is 0 Å². The number of hydrogen-bond donors (Lipinski definition) is 3. The Kier molecular flexibility index (Phi) is 39.6. The maximum absolute atomic E-state index is 12.6. The van der Waals surface area contributed by atoms with Gasteiger partial charge in [-0.15, -0.1) is 0 Å². The van der Waals surface area contributed by atoms with Crippen LogP contribution in [0.2, 0.25) is 0 Å². The number of rotatable bonds is 42. The van der Waals surface area contributed by atoms with Crippen LogP contribution in [0.3, 0.4) is 0 Å². The van der Waals surface area contributed by atoms with Crippen molar-refractivity contribution in [2.75, 3.05) is 5.75 Å². The summed E-state index contributed by atoms with van der Waals surface area (Å²) < 4.78 is 32.6. The summed E-state index contributed by atoms with van der Waals surface area (Å²) in [7, 11) is -4.31. The first-order chi connectivity index (χ1) is 25.8. The van der Waals surface area contributed by atoms with Crippen LogP contribution in [0.4, 0.5) is 0 Å². The van der Waals surface area contributed by atoms with E-state index >= 15 is 0 Å². The van der Waals surface area contributed by atoms with E-state index in [1.165, 1.54) is 173 Å². The predicted molar refractivity (Wildman–Crippen MR) is 230 cm³/mol. The standard InChI is InChI=1S/C46H89NO5S/c1-3-5-7-9-11-13-15-17-19-21-23-25-27-29-31-33-35-37-39-41-45(48)44(43-53(50,51)52)47-46(49)42-40-38-36-34-32-30-28-26-24-22-20-18-16-14-12-10-8-6-4-2/h12,14,18,20,44-45,48H,3-11,13,15-17,19,21-43H2,1-2H3,(H,47,49)(H,50,51,52)/b14-12-,20-18-. The van der Waals surface area contributed by atoms with Crippen LogP contribution in [0.1, 0.15) is 245 Å². The lowest BCUT2D eigenvalue weighted by atomic mass is 10.0. The molecule has 0 spiro atoms. The molecule has 0 aromatic carbocycles. The highest BCUT2D eigenvalue weighted by atomic mass is 32.2. The third kappa shape index (κ3) is 41.8. The summed E-state index contributed by atoms with van der Waals surface area (Å²) in [5, 5.41) is 13.4. The van der Waals surface area contributed by atoms with Crippen LogP contribution in [0, 0.1) is 0 Å². The molecule has 7 heteroatoms. The minimum absolute atomic E-state index is 0.247. The highest BCUT2D eigenvalue weighted by Gasteiger charge is 2.26. The fraction of sp³-hybridized carbons (Fsp3) is 0.891. The molecule has 0 rings (SSSR count). The first kappa shape index (κ1) is 51.8. The topological polar surface area (TPSA) is 104 Å². The molecule has 0 fully saturated rings. The number of hydrogen-bond acceptors (Lipinski definition) is 4. The van der Waals surface area contributed by atoms with Gasteiger partial charge >= 0.3 is 0 Å². The number of amides is 1. The molecule has 0 aromatic rings. The zero-order chi connectivity index (χ0) is 38.9. The molecular formula is C46H89NO5S. The quantitative estimate of drug-likeness (QED) is 0.0326. The molecule has 0 bridgehead atoms. The average molecular weight is 768 g/mol. The molecule has 0 aromatic heterocycles. The van der Waals surface area contributed by atoms with Gasteiger partial charge in [-0.1, -0.05) is 218 Å². The molecule has 2 unspecified atom stereocenters. The second-order valence-electron chi connectivity index (χ2n) is 16.0. The normalized spacial score (nSPS) is 13.4. The Hall–Kier alpha value is -1.18. The van der Waals surface area contributed by atoms with Crippen molar-refractivity contribution >= 4 is 16.0 Å². The lowest BCUT2D eigenvalue weighted by Gasteiger charge is -2.23. The molecule has 0 radical (unpaired) electrons.